The van der Waals surface area contributed by atoms with E-state index in [2.05, 4.69) is 15.0 Å². The van der Waals surface area contributed by atoms with Crippen LogP contribution in [0, 0.1) is 0 Å². The van der Waals surface area contributed by atoms with Gasteiger partial charge in [-0.15, -0.1) is 0 Å². The van der Waals surface area contributed by atoms with Crippen LogP contribution in [0.3, 0.4) is 0 Å². The number of hydrogen-bond donors (Lipinski definition) is 2. The molecule has 0 amide bonds. The number of hydrogen-bond acceptors (Lipinski definition) is 6. The lowest BCUT2D eigenvalue weighted by molar-refractivity contribution is 0.570. The molecule has 5 nitrogen and oxygen atoms in total. The van der Waals surface area contributed by atoms with Gasteiger partial charge in [0.2, 0.25) is 10.0 Å². The molecule has 0 aliphatic heterocycles. The van der Waals surface area contributed by atoms with E-state index in [9.17, 15) is 8.42 Å². The van der Waals surface area contributed by atoms with Crippen LogP contribution in [0.25, 0.3) is 0 Å². The number of nitrogens with one attached hydrogen (secondary N) is 2. The summed E-state index contributed by atoms with van der Waals surface area (Å²) in [6.07, 6.45) is 0. The quantitative estimate of drug-likeness (QED) is 0.445. The fourth-order valence-corrected chi connectivity index (χ4v) is 7.19. The monoisotopic (exact) mass is 473 g/mol. The van der Waals surface area contributed by atoms with Gasteiger partial charge < -0.3 is 5.32 Å². The second-order valence-corrected chi connectivity index (χ2v) is 10.8. The van der Waals surface area contributed by atoms with Crippen LogP contribution in [-0.4, -0.2) is 14.5 Å². The lowest BCUT2D eigenvalue weighted by Gasteiger charge is -2.11. The summed E-state index contributed by atoms with van der Waals surface area (Å²) < 4.78 is 29.0. The Hall–Kier alpha value is -1.42. The molecule has 0 radical (unpaired) electrons. The standard InChI is InChI=1S/C18H17Cl2N3O2S3/c1-11(2)23-28(24,25)16-17(21-14-7-3-12(19)4-8-14)26-27-18(16)22-15-9-5-13(20)6-10-15/h3-11,21,23H,1-2H3. The molecule has 0 spiro atoms. The second-order valence-electron chi connectivity index (χ2n) is 6.13. The Balaban J connectivity index is 2.11. The van der Waals surface area contributed by atoms with Crippen molar-refractivity contribution in [1.82, 2.24) is 4.72 Å². The van der Waals surface area contributed by atoms with Crippen LogP contribution in [0.4, 0.5) is 16.4 Å². The summed E-state index contributed by atoms with van der Waals surface area (Å²) in [6, 6.07) is 13.7. The van der Waals surface area contributed by atoms with Crippen LogP contribution in [-0.2, 0) is 10.0 Å². The minimum absolute atomic E-state index is 0.126. The number of halogens is 2. The first-order valence-electron chi connectivity index (χ1n) is 8.23. The highest BCUT2D eigenvalue weighted by Gasteiger charge is 2.25. The molecular formula is C18H17Cl2N3O2S3. The third kappa shape index (κ3) is 5.34. The number of anilines is 2. The Labute approximate surface area is 181 Å². The predicted molar refractivity (Wildman–Crippen MR) is 119 cm³/mol. The van der Waals surface area contributed by atoms with E-state index in [1.165, 1.54) is 20.7 Å². The largest absolute Gasteiger partial charge is 0.345 e. The fraction of sp³-hybridized carbons (Fsp3) is 0.167. The highest BCUT2D eigenvalue weighted by Crippen LogP contribution is 2.31. The molecule has 148 valence electrons. The van der Waals surface area contributed by atoms with Gasteiger partial charge in [-0.05, 0) is 62.4 Å². The summed E-state index contributed by atoms with van der Waals surface area (Å²) in [7, 11) is -1.18. The SMILES string of the molecule is CC(C)NS(=O)(=O)c1c(Nc2ccc(Cl)cc2)ssc1=Nc1ccc(Cl)cc1. The van der Waals surface area contributed by atoms with Crippen LogP contribution in [0.1, 0.15) is 13.8 Å². The topological polar surface area (TPSA) is 70.6 Å². The minimum atomic E-state index is -3.77. The zero-order valence-corrected chi connectivity index (χ0v) is 18.9. The maximum Gasteiger partial charge on any atom is 0.246 e. The van der Waals surface area contributed by atoms with Gasteiger partial charge in [0.1, 0.15) is 9.67 Å². The molecule has 1 aromatic heterocycles. The van der Waals surface area contributed by atoms with Gasteiger partial charge >= 0.3 is 0 Å². The third-order valence-electron chi connectivity index (χ3n) is 3.42. The highest BCUT2D eigenvalue weighted by molar-refractivity contribution is 7.90. The maximum atomic E-state index is 13.0. The Bertz CT molecular complexity index is 1120. The lowest BCUT2D eigenvalue weighted by atomic mass is 10.3. The fourth-order valence-electron chi connectivity index (χ4n) is 2.30. The molecule has 0 saturated carbocycles. The molecule has 10 heteroatoms. The third-order valence-corrected chi connectivity index (χ3v) is 8.14. The molecule has 0 fully saturated rings. The van der Waals surface area contributed by atoms with Crippen molar-refractivity contribution in [3.8, 4) is 0 Å². The predicted octanol–water partition coefficient (Wildman–Crippen LogP) is 5.78. The Morgan fingerprint density at radius 2 is 1.50 bits per heavy atom. The van der Waals surface area contributed by atoms with Crippen molar-refractivity contribution in [2.24, 2.45) is 4.99 Å². The van der Waals surface area contributed by atoms with Gasteiger partial charge in [-0.1, -0.05) is 43.9 Å². The van der Waals surface area contributed by atoms with Crippen LogP contribution in [0.2, 0.25) is 10.0 Å². The number of benzene rings is 2. The number of nitrogens with zero attached hydrogens (tertiary/aromatic N) is 1. The van der Waals surface area contributed by atoms with E-state index in [0.717, 1.165) is 5.69 Å². The van der Waals surface area contributed by atoms with Crippen molar-refractivity contribution >= 4 is 70.3 Å². The first-order valence-corrected chi connectivity index (χ1v) is 12.6. The van der Waals surface area contributed by atoms with E-state index in [-0.39, 0.29) is 10.9 Å². The molecule has 0 aliphatic rings. The molecular weight excluding hydrogens is 457 g/mol. The van der Waals surface area contributed by atoms with Crippen molar-refractivity contribution in [2.45, 2.75) is 24.8 Å². The summed E-state index contributed by atoms with van der Waals surface area (Å²) in [4.78, 5) is 4.65. The van der Waals surface area contributed by atoms with Crippen LogP contribution in [0.5, 0.6) is 0 Å². The van der Waals surface area contributed by atoms with Crippen molar-refractivity contribution in [3.63, 3.8) is 0 Å². The molecule has 3 aromatic rings. The second kappa shape index (κ2) is 8.94. The number of rotatable bonds is 6. The zero-order chi connectivity index (χ0) is 20.3. The number of sulfonamides is 1. The van der Waals surface area contributed by atoms with Crippen LogP contribution in [0.15, 0.2) is 58.4 Å². The maximum absolute atomic E-state index is 13.0. The molecule has 0 bridgehead atoms. The summed E-state index contributed by atoms with van der Waals surface area (Å²) in [5, 5.41) is 4.85. The molecule has 1 heterocycles. The summed E-state index contributed by atoms with van der Waals surface area (Å²) in [5.74, 6) is 0. The van der Waals surface area contributed by atoms with Gasteiger partial charge in [-0.3, -0.25) is 0 Å². The first kappa shape index (κ1) is 21.3. The molecule has 2 N–H and O–H groups in total. The summed E-state index contributed by atoms with van der Waals surface area (Å²) in [5.41, 5.74) is 1.36. The van der Waals surface area contributed by atoms with Crippen LogP contribution >= 0.6 is 43.9 Å². The van der Waals surface area contributed by atoms with E-state index in [0.29, 0.717) is 25.4 Å². The summed E-state index contributed by atoms with van der Waals surface area (Å²) >= 11 is 11.8. The van der Waals surface area contributed by atoms with Gasteiger partial charge in [0.25, 0.3) is 0 Å². The van der Waals surface area contributed by atoms with Crippen molar-refractivity contribution in [1.29, 1.82) is 0 Å². The molecule has 0 saturated heterocycles. The van der Waals surface area contributed by atoms with E-state index < -0.39 is 10.0 Å². The van der Waals surface area contributed by atoms with Gasteiger partial charge in [0.05, 0.1) is 5.69 Å². The van der Waals surface area contributed by atoms with E-state index >= 15 is 0 Å². The molecule has 28 heavy (non-hydrogen) atoms. The van der Waals surface area contributed by atoms with Gasteiger partial charge in [-0.25, -0.2) is 18.1 Å². The Kier molecular flexibility index (Phi) is 6.80. The van der Waals surface area contributed by atoms with Crippen molar-refractivity contribution in [3.05, 3.63) is 63.2 Å². The van der Waals surface area contributed by atoms with Crippen molar-refractivity contribution < 1.29 is 8.42 Å². The highest BCUT2D eigenvalue weighted by atomic mass is 35.5. The van der Waals surface area contributed by atoms with E-state index in [4.69, 9.17) is 23.2 Å². The van der Waals surface area contributed by atoms with E-state index in [1.54, 1.807) is 62.4 Å². The Morgan fingerprint density at radius 3 is 2.07 bits per heavy atom. The van der Waals surface area contributed by atoms with Crippen LogP contribution < -0.4 is 14.7 Å². The van der Waals surface area contributed by atoms with Gasteiger partial charge in [0.15, 0.2) is 4.90 Å². The Morgan fingerprint density at radius 1 is 0.929 bits per heavy atom. The molecule has 0 atom stereocenters. The zero-order valence-electron chi connectivity index (χ0n) is 14.9. The minimum Gasteiger partial charge on any atom is -0.345 e. The normalized spacial score (nSPS) is 12.5. The molecule has 0 aliphatic carbocycles. The smallest absolute Gasteiger partial charge is 0.246 e. The molecule has 0 unspecified atom stereocenters. The van der Waals surface area contributed by atoms with E-state index in [1.807, 2.05) is 0 Å². The average molecular weight is 474 g/mol. The van der Waals surface area contributed by atoms with Gasteiger partial charge in [-0.2, -0.15) is 0 Å². The van der Waals surface area contributed by atoms with Crippen molar-refractivity contribution in [2.75, 3.05) is 5.32 Å². The van der Waals surface area contributed by atoms with Gasteiger partial charge in [0, 0.05) is 21.8 Å². The molecule has 2 aromatic carbocycles. The molecule has 3 rings (SSSR count). The first-order chi connectivity index (χ1) is 13.2. The average Bonchev–Trinajstić information content (AvgIpc) is 3.01. The lowest BCUT2D eigenvalue weighted by Crippen LogP contribution is -2.32. The summed E-state index contributed by atoms with van der Waals surface area (Å²) in [6.45, 7) is 3.55.